The van der Waals surface area contributed by atoms with E-state index in [2.05, 4.69) is 6.92 Å². The van der Waals surface area contributed by atoms with E-state index in [-0.39, 0.29) is 6.61 Å². The Bertz CT molecular complexity index is 139. The molecule has 0 unspecified atom stereocenters. The zero-order valence-electron chi connectivity index (χ0n) is 12.3. The van der Waals surface area contributed by atoms with E-state index in [1.54, 1.807) is 0 Å². The molecule has 19 heavy (non-hydrogen) atoms. The average Bonchev–Trinajstić information content (AvgIpc) is 2.43. The van der Waals surface area contributed by atoms with Gasteiger partial charge in [0.05, 0.1) is 52.9 Å². The topological polar surface area (TPSA) is 57.2 Å². The number of hydrogen-bond acceptors (Lipinski definition) is 5. The molecule has 0 amide bonds. The van der Waals surface area contributed by atoms with Gasteiger partial charge in [0.15, 0.2) is 0 Å². The lowest BCUT2D eigenvalue weighted by molar-refractivity contribution is -0.00576. The summed E-state index contributed by atoms with van der Waals surface area (Å²) in [4.78, 5) is 0. The first-order valence-electron chi connectivity index (χ1n) is 7.33. The lowest BCUT2D eigenvalue weighted by Gasteiger charge is -2.07. The van der Waals surface area contributed by atoms with Crippen molar-refractivity contribution in [1.82, 2.24) is 0 Å². The van der Waals surface area contributed by atoms with Crippen molar-refractivity contribution in [1.29, 1.82) is 0 Å². The predicted octanol–water partition coefficient (Wildman–Crippen LogP) is 1.63. The third-order valence-corrected chi connectivity index (χ3v) is 2.49. The minimum atomic E-state index is 0.0571. The first kappa shape index (κ1) is 18.8. The number of aliphatic hydroxyl groups excluding tert-OH is 1. The van der Waals surface area contributed by atoms with Crippen molar-refractivity contribution in [3.8, 4) is 0 Å². The fourth-order valence-corrected chi connectivity index (χ4v) is 1.46. The van der Waals surface area contributed by atoms with Gasteiger partial charge in [-0.25, -0.2) is 0 Å². The van der Waals surface area contributed by atoms with Crippen LogP contribution in [0.15, 0.2) is 0 Å². The molecule has 1 N–H and O–H groups in total. The maximum absolute atomic E-state index is 8.47. The highest BCUT2D eigenvalue weighted by molar-refractivity contribution is 4.40. The summed E-state index contributed by atoms with van der Waals surface area (Å²) < 4.78 is 21.1. The van der Waals surface area contributed by atoms with E-state index in [0.29, 0.717) is 46.2 Å². The van der Waals surface area contributed by atoms with Crippen LogP contribution in [0.1, 0.15) is 32.6 Å². The molecule has 0 spiro atoms. The maximum atomic E-state index is 8.47. The van der Waals surface area contributed by atoms with Crippen LogP contribution < -0.4 is 0 Å². The van der Waals surface area contributed by atoms with Crippen molar-refractivity contribution in [2.75, 3.05) is 59.5 Å². The minimum Gasteiger partial charge on any atom is -0.394 e. The van der Waals surface area contributed by atoms with Crippen molar-refractivity contribution in [2.45, 2.75) is 32.6 Å². The molecule has 5 heteroatoms. The number of unbranched alkanes of at least 4 members (excludes halogenated alkanes) is 3. The summed E-state index contributed by atoms with van der Waals surface area (Å²) in [5.41, 5.74) is 0. The Hall–Kier alpha value is -0.200. The second-order valence-electron chi connectivity index (χ2n) is 4.23. The van der Waals surface area contributed by atoms with E-state index in [1.165, 1.54) is 19.3 Å². The lowest BCUT2D eigenvalue weighted by atomic mass is 10.2. The Morgan fingerprint density at radius 3 is 1.53 bits per heavy atom. The first-order valence-corrected chi connectivity index (χ1v) is 7.33. The van der Waals surface area contributed by atoms with Crippen molar-refractivity contribution in [2.24, 2.45) is 0 Å². The molecule has 0 bridgehead atoms. The summed E-state index contributed by atoms with van der Waals surface area (Å²) in [7, 11) is 0. The lowest BCUT2D eigenvalue weighted by Crippen LogP contribution is -2.12. The number of hydrogen-bond donors (Lipinski definition) is 1. The van der Waals surface area contributed by atoms with E-state index in [1.807, 2.05) is 0 Å². The smallest absolute Gasteiger partial charge is 0.0701 e. The van der Waals surface area contributed by atoms with Gasteiger partial charge in [-0.15, -0.1) is 0 Å². The summed E-state index contributed by atoms with van der Waals surface area (Å²) in [5.74, 6) is 0. The molecule has 0 fully saturated rings. The molecule has 0 aromatic rings. The van der Waals surface area contributed by atoms with Crippen molar-refractivity contribution in [3.05, 3.63) is 0 Å². The summed E-state index contributed by atoms with van der Waals surface area (Å²) in [6.45, 7) is 6.95. The molecule has 0 saturated carbocycles. The minimum absolute atomic E-state index is 0.0571. The predicted molar refractivity (Wildman–Crippen MR) is 74.5 cm³/mol. The number of rotatable bonds is 16. The van der Waals surface area contributed by atoms with Gasteiger partial charge in [-0.3, -0.25) is 0 Å². The van der Waals surface area contributed by atoms with Crippen molar-refractivity contribution >= 4 is 0 Å². The van der Waals surface area contributed by atoms with Crippen LogP contribution in [0.4, 0.5) is 0 Å². The van der Waals surface area contributed by atoms with Crippen LogP contribution in [-0.4, -0.2) is 64.6 Å². The zero-order chi connectivity index (χ0) is 14.0. The second kappa shape index (κ2) is 17.8. The molecule has 116 valence electrons. The zero-order valence-corrected chi connectivity index (χ0v) is 12.3. The quantitative estimate of drug-likeness (QED) is 0.435. The Morgan fingerprint density at radius 1 is 0.579 bits per heavy atom. The van der Waals surface area contributed by atoms with Crippen LogP contribution in [0.2, 0.25) is 0 Å². The van der Waals surface area contributed by atoms with Crippen LogP contribution in [0.5, 0.6) is 0 Å². The molecule has 0 rings (SSSR count). The molecule has 0 aliphatic carbocycles. The Morgan fingerprint density at radius 2 is 1.05 bits per heavy atom. The highest BCUT2D eigenvalue weighted by Crippen LogP contribution is 1.98. The fourth-order valence-electron chi connectivity index (χ4n) is 1.46. The third kappa shape index (κ3) is 17.8. The van der Waals surface area contributed by atoms with Crippen molar-refractivity contribution < 1.29 is 24.1 Å². The van der Waals surface area contributed by atoms with Gasteiger partial charge < -0.3 is 24.1 Å². The van der Waals surface area contributed by atoms with Gasteiger partial charge >= 0.3 is 0 Å². The van der Waals surface area contributed by atoms with Crippen LogP contribution in [0.3, 0.4) is 0 Å². The summed E-state index contributed by atoms with van der Waals surface area (Å²) in [6.07, 6.45) is 4.95. The van der Waals surface area contributed by atoms with E-state index < -0.39 is 0 Å². The highest BCUT2D eigenvalue weighted by atomic mass is 16.6. The normalized spacial score (nSPS) is 11.1. The molecular formula is C14H30O5. The van der Waals surface area contributed by atoms with Crippen LogP contribution in [0.25, 0.3) is 0 Å². The maximum Gasteiger partial charge on any atom is 0.0701 e. The van der Waals surface area contributed by atoms with Gasteiger partial charge in [-0.05, 0) is 6.42 Å². The highest BCUT2D eigenvalue weighted by Gasteiger charge is 1.92. The van der Waals surface area contributed by atoms with E-state index in [9.17, 15) is 0 Å². The Labute approximate surface area is 117 Å². The van der Waals surface area contributed by atoms with Crippen LogP contribution in [-0.2, 0) is 18.9 Å². The number of aliphatic hydroxyl groups is 1. The molecule has 0 radical (unpaired) electrons. The van der Waals surface area contributed by atoms with Gasteiger partial charge in [-0.1, -0.05) is 26.2 Å². The molecular weight excluding hydrogens is 248 g/mol. The van der Waals surface area contributed by atoms with Gasteiger partial charge in [-0.2, -0.15) is 0 Å². The van der Waals surface area contributed by atoms with Crippen LogP contribution in [0, 0.1) is 0 Å². The molecule has 0 heterocycles. The monoisotopic (exact) mass is 278 g/mol. The second-order valence-corrected chi connectivity index (χ2v) is 4.23. The van der Waals surface area contributed by atoms with Gasteiger partial charge in [0.25, 0.3) is 0 Å². The molecule has 0 saturated heterocycles. The SMILES string of the molecule is CCCCCCOCCOCCOCCOCCO. The van der Waals surface area contributed by atoms with E-state index in [0.717, 1.165) is 13.0 Å². The summed E-state index contributed by atoms with van der Waals surface area (Å²) in [5, 5.41) is 8.47. The molecule has 0 aliphatic heterocycles. The first-order chi connectivity index (χ1) is 9.41. The fraction of sp³-hybridized carbons (Fsp3) is 1.00. The van der Waals surface area contributed by atoms with Crippen LogP contribution >= 0.6 is 0 Å². The van der Waals surface area contributed by atoms with Gasteiger partial charge in [0, 0.05) is 6.61 Å². The standard InChI is InChI=1S/C14H30O5/c1-2-3-4-5-7-16-9-11-18-13-14-19-12-10-17-8-6-15/h15H,2-14H2,1H3. The molecule has 0 atom stereocenters. The van der Waals surface area contributed by atoms with E-state index >= 15 is 0 Å². The largest absolute Gasteiger partial charge is 0.394 e. The Balaban J connectivity index is 2.88. The molecule has 5 nitrogen and oxygen atoms in total. The Kier molecular flexibility index (Phi) is 17.6. The average molecular weight is 278 g/mol. The third-order valence-electron chi connectivity index (χ3n) is 2.49. The molecule has 0 aromatic carbocycles. The number of ether oxygens (including phenoxy) is 4. The molecule has 0 aromatic heterocycles. The van der Waals surface area contributed by atoms with E-state index in [4.69, 9.17) is 24.1 Å². The van der Waals surface area contributed by atoms with Crippen molar-refractivity contribution in [3.63, 3.8) is 0 Å². The van der Waals surface area contributed by atoms with Gasteiger partial charge in [0.2, 0.25) is 0 Å². The molecule has 0 aliphatic rings. The van der Waals surface area contributed by atoms with Gasteiger partial charge in [0.1, 0.15) is 0 Å². The summed E-state index contributed by atoms with van der Waals surface area (Å²) >= 11 is 0. The summed E-state index contributed by atoms with van der Waals surface area (Å²) in [6, 6.07) is 0.